The van der Waals surface area contributed by atoms with Crippen LogP contribution in [0.25, 0.3) is 0 Å². The Bertz CT molecular complexity index is 428. The number of rotatable bonds is 2. The maximum absolute atomic E-state index is 9.60. The number of nitrogens with zero attached hydrogens (tertiary/aromatic N) is 3. The molecule has 6 heteroatoms. The minimum absolute atomic E-state index is 0. The van der Waals surface area contributed by atoms with Gasteiger partial charge < -0.3 is 14.5 Å². The van der Waals surface area contributed by atoms with Crippen molar-refractivity contribution in [2.24, 2.45) is 11.8 Å². The van der Waals surface area contributed by atoms with Crippen molar-refractivity contribution in [2.75, 3.05) is 0 Å². The Labute approximate surface area is 213 Å². The Balaban J connectivity index is 0. The van der Waals surface area contributed by atoms with Crippen LogP contribution in [-0.2, 0) is 0 Å². The molecule has 2 fully saturated rings. The summed E-state index contributed by atoms with van der Waals surface area (Å²) in [5, 5.41) is 13.6. The normalized spacial score (nSPS) is 27.2. The van der Waals surface area contributed by atoms with Crippen molar-refractivity contribution < 1.29 is 63.3 Å². The van der Waals surface area contributed by atoms with Gasteiger partial charge in [0.2, 0.25) is 0 Å². The van der Waals surface area contributed by atoms with E-state index in [0.29, 0.717) is 5.92 Å². The first kappa shape index (κ1) is 29.3. The molecule has 2 aliphatic carbocycles. The van der Waals surface area contributed by atoms with E-state index in [4.69, 9.17) is 0 Å². The maximum atomic E-state index is 9.60. The van der Waals surface area contributed by atoms with Gasteiger partial charge in [0.25, 0.3) is 0 Å². The second-order valence-electron chi connectivity index (χ2n) is 6.19. The molecule has 2 aliphatic rings. The van der Waals surface area contributed by atoms with Crippen molar-refractivity contribution in [2.45, 2.75) is 91.1 Å². The molecule has 4 nitrogen and oxygen atoms in total. The summed E-state index contributed by atoms with van der Waals surface area (Å²) in [5.41, 5.74) is 0. The van der Waals surface area contributed by atoms with Crippen LogP contribution in [0.2, 0.25) is 0 Å². The Morgan fingerprint density at radius 3 is 1.73 bits per heavy atom. The van der Waals surface area contributed by atoms with Crippen LogP contribution in [0.5, 0.6) is 0 Å². The van der Waals surface area contributed by atoms with E-state index in [1.54, 1.807) is 4.45 Å². The molecule has 0 amide bonds. The van der Waals surface area contributed by atoms with Gasteiger partial charge in [0.1, 0.15) is 0 Å². The van der Waals surface area contributed by atoms with E-state index in [9.17, 15) is 5.11 Å². The number of aliphatic hydroxyl groups excluding tert-OH is 1. The molecule has 1 atom stereocenters. The zero-order valence-corrected chi connectivity index (χ0v) is 23.8. The van der Waals surface area contributed by atoms with E-state index in [1.807, 2.05) is 27.7 Å². The number of aliphatic hydroxyl groups is 1. The van der Waals surface area contributed by atoms with E-state index in [1.165, 1.54) is 38.5 Å². The van der Waals surface area contributed by atoms with Crippen LogP contribution < -0.4 is 58.2 Å². The fourth-order valence-electron chi connectivity index (χ4n) is 3.92. The van der Waals surface area contributed by atoms with Gasteiger partial charge in [0.15, 0.2) is 0 Å². The number of hydrogen-bond acceptors (Lipinski definition) is 3. The van der Waals surface area contributed by atoms with Gasteiger partial charge in [-0.15, -0.1) is 13.2 Å². The largest absolute Gasteiger partial charge is 1.00 e. The van der Waals surface area contributed by atoms with Crippen molar-refractivity contribution in [1.29, 1.82) is 0 Å². The molecule has 26 heavy (non-hydrogen) atoms. The number of aromatic nitrogens is 3. The summed E-state index contributed by atoms with van der Waals surface area (Å²) in [4.78, 5) is 4.26. The summed E-state index contributed by atoms with van der Waals surface area (Å²) in [7, 11) is 2.60. The van der Waals surface area contributed by atoms with E-state index < -0.39 is 0 Å². The molecule has 0 radical (unpaired) electrons. The van der Waals surface area contributed by atoms with E-state index >= 15 is 0 Å². The first-order valence-corrected chi connectivity index (χ1v) is 10.5. The zero-order valence-electron chi connectivity index (χ0n) is 17.7. The maximum Gasteiger partial charge on any atom is 1.00 e. The molecule has 1 unspecified atom stereocenters. The van der Waals surface area contributed by atoms with E-state index in [-0.39, 0.29) is 64.3 Å². The monoisotopic (exact) mass is 453 g/mol. The van der Waals surface area contributed by atoms with Crippen molar-refractivity contribution in [3.8, 4) is 0 Å². The second-order valence-corrected chi connectivity index (χ2v) is 6.68. The van der Waals surface area contributed by atoms with Crippen LogP contribution in [0.3, 0.4) is 0 Å². The van der Waals surface area contributed by atoms with Gasteiger partial charge in [0, 0.05) is 0 Å². The number of hydrogen-bond donors (Lipinski definition) is 1. The zero-order chi connectivity index (χ0) is 19.2. The van der Waals surface area contributed by atoms with Crippen LogP contribution in [0.4, 0.5) is 0 Å². The fraction of sp³-hybridized carbons (Fsp3) is 0.800. The van der Waals surface area contributed by atoms with Gasteiger partial charge in [-0.05, 0) is 65.0 Å². The third-order valence-electron chi connectivity index (χ3n) is 5.10. The third kappa shape index (κ3) is 9.52. The molecule has 0 spiro atoms. The minimum Gasteiger partial charge on any atom is -0.417 e. The summed E-state index contributed by atoms with van der Waals surface area (Å²) in [6.07, 6.45) is 12.2. The van der Waals surface area contributed by atoms with Crippen molar-refractivity contribution >= 4 is 9.39 Å². The van der Waals surface area contributed by atoms with Gasteiger partial charge in [0.05, 0.1) is 6.10 Å². The second kappa shape index (κ2) is 18.1. The van der Waals surface area contributed by atoms with Crippen LogP contribution in [0.1, 0.15) is 90.8 Å². The van der Waals surface area contributed by atoms with Gasteiger partial charge in [-0.2, -0.15) is 0 Å². The molecule has 1 aromatic heterocycles. The molecule has 0 saturated heterocycles. The Morgan fingerprint density at radius 2 is 1.35 bits per heavy atom. The Kier molecular flexibility index (Phi) is 20.4. The fourth-order valence-corrected chi connectivity index (χ4v) is 4.24. The minimum atomic E-state index is -0.0289. The average molecular weight is 454 g/mol. The topological polar surface area (TPSA) is 50.9 Å². The first-order valence-electron chi connectivity index (χ1n) is 10.00. The van der Waals surface area contributed by atoms with Crippen molar-refractivity contribution in [1.82, 2.24) is 14.5 Å². The predicted molar refractivity (Wildman–Crippen MR) is 111 cm³/mol. The molecule has 3 rings (SSSR count). The summed E-state index contributed by atoms with van der Waals surface area (Å²) < 4.78 is 1.79. The summed E-state index contributed by atoms with van der Waals surface area (Å²) >= 11 is 0. The molecule has 1 heterocycles. The molecule has 0 aliphatic heterocycles. The molecule has 1 aromatic rings. The third-order valence-corrected chi connectivity index (χ3v) is 5.48. The van der Waals surface area contributed by atoms with Gasteiger partial charge in [-0.3, -0.25) is 5.10 Å². The average Bonchev–Trinajstić information content (AvgIpc) is 3.13. The molecule has 0 bridgehead atoms. The summed E-state index contributed by atoms with van der Waals surface area (Å²) in [5.74, 6) is 3.35. The van der Waals surface area contributed by atoms with Gasteiger partial charge in [-0.1, -0.05) is 53.4 Å². The van der Waals surface area contributed by atoms with Gasteiger partial charge in [-0.25, -0.2) is 0 Å². The summed E-state index contributed by atoms with van der Waals surface area (Å²) in [6, 6.07) is 0. The van der Waals surface area contributed by atoms with E-state index in [2.05, 4.69) is 39.0 Å². The Morgan fingerprint density at radius 1 is 0.923 bits per heavy atom. The first-order chi connectivity index (χ1) is 12.2. The Hall–Kier alpha value is 1.08. The smallest absolute Gasteiger partial charge is 0.417 e. The molecule has 1 N–H and O–H groups in total. The van der Waals surface area contributed by atoms with Crippen molar-refractivity contribution in [3.05, 3.63) is 25.3 Å². The molecule has 2 saturated carbocycles. The van der Waals surface area contributed by atoms with Crippen molar-refractivity contribution in [3.63, 3.8) is 0 Å². The molecule has 146 valence electrons. The summed E-state index contributed by atoms with van der Waals surface area (Å²) in [6.45, 7) is 14.0. The SMILES string of the molecule is C=C.CC.CC.OC1CCC(C2CCC(c3n[c-]nn3P)CC2)CC1.[Rb+]. The van der Waals surface area contributed by atoms with Crippen LogP contribution in [0, 0.1) is 18.2 Å². The molecular weight excluding hydrogens is 415 g/mol. The van der Waals surface area contributed by atoms with Crippen LogP contribution >= 0.6 is 9.39 Å². The molecule has 0 aromatic carbocycles. The van der Waals surface area contributed by atoms with E-state index in [0.717, 1.165) is 30.5 Å². The predicted octanol–water partition coefficient (Wildman–Crippen LogP) is 2.40. The van der Waals surface area contributed by atoms with Gasteiger partial charge >= 0.3 is 58.2 Å². The van der Waals surface area contributed by atoms with Crippen LogP contribution in [-0.4, -0.2) is 25.7 Å². The quantitative estimate of drug-likeness (QED) is 0.425. The molecular formula is C20H39N3OPRb. The standard InChI is InChI=1S/C14H23N3OP.2C2H6.C2H4.Rb/c18-13-7-5-11(6-8-13)10-1-3-12(4-2-10)14-15-9-16-17(14)19;3*1-2;/h10-13,18H,1-8,19H2;2*1-2H3;1-2H2;/q-1;;;;+1. The van der Waals surface area contributed by atoms with Crippen LogP contribution in [0.15, 0.2) is 13.2 Å².